The first-order chi connectivity index (χ1) is 9.70. The van der Waals surface area contributed by atoms with Crippen molar-refractivity contribution >= 4 is 11.9 Å². The van der Waals surface area contributed by atoms with Crippen LogP contribution in [0, 0.1) is 0 Å². The van der Waals surface area contributed by atoms with Crippen molar-refractivity contribution in [2.24, 2.45) is 0 Å². The van der Waals surface area contributed by atoms with Crippen molar-refractivity contribution in [3.63, 3.8) is 0 Å². The molecule has 0 aliphatic carbocycles. The summed E-state index contributed by atoms with van der Waals surface area (Å²) in [6.45, 7) is 3.86. The van der Waals surface area contributed by atoms with E-state index in [0.29, 0.717) is 59.2 Å². The number of nitrogens with zero attached hydrogens (tertiary/aromatic N) is 1. The number of rotatable bonds is 4. The van der Waals surface area contributed by atoms with E-state index in [1.165, 1.54) is 0 Å². The maximum atomic E-state index is 12.0. The van der Waals surface area contributed by atoms with Gasteiger partial charge < -0.3 is 29.0 Å². The van der Waals surface area contributed by atoms with Crippen LogP contribution in [0.5, 0.6) is 0 Å². The molecule has 7 heteroatoms. The van der Waals surface area contributed by atoms with Gasteiger partial charge in [0, 0.05) is 25.5 Å². The molecule has 1 saturated heterocycles. The fourth-order valence-corrected chi connectivity index (χ4v) is 1.79. The Balaban J connectivity index is 2.33. The normalized spacial score (nSPS) is 18.9. The highest BCUT2D eigenvalue weighted by Crippen LogP contribution is 2.02. The van der Waals surface area contributed by atoms with Gasteiger partial charge in [-0.05, 0) is 12.8 Å². The lowest BCUT2D eigenvalue weighted by atomic mass is 10.2. The van der Waals surface area contributed by atoms with Crippen LogP contribution in [0.4, 0.5) is 0 Å². The van der Waals surface area contributed by atoms with Gasteiger partial charge in [-0.3, -0.25) is 4.79 Å². The Morgan fingerprint density at radius 2 is 1.35 bits per heavy atom. The first-order valence-electron chi connectivity index (χ1n) is 6.91. The van der Waals surface area contributed by atoms with Gasteiger partial charge in [0.2, 0.25) is 5.91 Å². The zero-order valence-electron chi connectivity index (χ0n) is 11.7. The third-order valence-corrected chi connectivity index (χ3v) is 2.88. The summed E-state index contributed by atoms with van der Waals surface area (Å²) >= 11 is 0. The molecule has 0 bridgehead atoms. The number of amides is 1. The molecule has 0 aromatic heterocycles. The highest BCUT2D eigenvalue weighted by molar-refractivity contribution is 5.76. The minimum Gasteiger partial charge on any atom is -0.550 e. The predicted octanol–water partition coefficient (Wildman–Crippen LogP) is -1.20. The van der Waals surface area contributed by atoms with Gasteiger partial charge in [-0.25, -0.2) is 0 Å². The smallest absolute Gasteiger partial charge is 0.222 e. The molecule has 1 rings (SSSR count). The largest absolute Gasteiger partial charge is 0.550 e. The summed E-state index contributed by atoms with van der Waals surface area (Å²) in [5.41, 5.74) is 0. The summed E-state index contributed by atoms with van der Waals surface area (Å²) in [4.78, 5) is 23.9. The zero-order valence-corrected chi connectivity index (χ0v) is 11.7. The molecule has 20 heavy (non-hydrogen) atoms. The van der Waals surface area contributed by atoms with Crippen LogP contribution in [0.3, 0.4) is 0 Å². The fourth-order valence-electron chi connectivity index (χ4n) is 1.79. The number of carboxylic acid groups (broad SMARTS) is 1. The second-order valence-electron chi connectivity index (χ2n) is 4.44. The molecule has 0 spiro atoms. The Hall–Kier alpha value is -1.18. The van der Waals surface area contributed by atoms with E-state index in [1.54, 1.807) is 4.90 Å². The zero-order chi connectivity index (χ0) is 14.6. The van der Waals surface area contributed by atoms with Crippen molar-refractivity contribution < 1.29 is 28.9 Å². The minimum absolute atomic E-state index is 0.0771. The van der Waals surface area contributed by atoms with Gasteiger partial charge in [0.1, 0.15) is 0 Å². The maximum absolute atomic E-state index is 12.0. The quantitative estimate of drug-likeness (QED) is 0.645. The monoisotopic (exact) mass is 288 g/mol. The molecule has 0 atom stereocenters. The lowest BCUT2D eigenvalue weighted by Gasteiger charge is -2.23. The first-order valence-corrected chi connectivity index (χ1v) is 6.91. The average Bonchev–Trinajstić information content (AvgIpc) is 2.38. The fraction of sp³-hybridized carbons (Fsp3) is 0.846. The molecule has 7 nitrogen and oxygen atoms in total. The first kappa shape index (κ1) is 16.9. The highest BCUT2D eigenvalue weighted by Gasteiger charge is 2.13. The van der Waals surface area contributed by atoms with Crippen molar-refractivity contribution in [3.05, 3.63) is 0 Å². The summed E-state index contributed by atoms with van der Waals surface area (Å²) in [6, 6.07) is 0. The van der Waals surface area contributed by atoms with Crippen LogP contribution in [0.1, 0.15) is 19.3 Å². The SMILES string of the molecule is O=C([O-])CCCC(=O)N1CCOCCOCCOCC1. The van der Waals surface area contributed by atoms with Crippen molar-refractivity contribution in [3.8, 4) is 0 Å². The molecule has 0 unspecified atom stereocenters. The Labute approximate surface area is 118 Å². The van der Waals surface area contributed by atoms with E-state index in [4.69, 9.17) is 14.2 Å². The molecule has 1 fully saturated rings. The molecule has 0 aromatic carbocycles. The molecule has 1 heterocycles. The molecular weight excluding hydrogens is 266 g/mol. The van der Waals surface area contributed by atoms with E-state index in [-0.39, 0.29) is 18.7 Å². The standard InChI is InChI=1S/C13H23NO6/c15-12(2-1-3-13(16)17)14-4-6-18-8-10-20-11-9-19-7-5-14/h1-11H2,(H,16,17)/p-1. The van der Waals surface area contributed by atoms with Gasteiger partial charge in [-0.2, -0.15) is 0 Å². The van der Waals surface area contributed by atoms with Gasteiger partial charge >= 0.3 is 0 Å². The van der Waals surface area contributed by atoms with Crippen LogP contribution in [0.15, 0.2) is 0 Å². The Bertz CT molecular complexity index is 285. The number of carbonyl (C=O) groups excluding carboxylic acids is 2. The molecule has 0 radical (unpaired) electrons. The number of hydrogen-bond donors (Lipinski definition) is 0. The lowest BCUT2D eigenvalue weighted by molar-refractivity contribution is -0.305. The van der Waals surface area contributed by atoms with E-state index < -0.39 is 5.97 Å². The van der Waals surface area contributed by atoms with Gasteiger partial charge in [-0.15, -0.1) is 0 Å². The van der Waals surface area contributed by atoms with E-state index in [0.717, 1.165) is 0 Å². The number of aliphatic carboxylic acids is 1. The van der Waals surface area contributed by atoms with E-state index in [9.17, 15) is 14.7 Å². The summed E-state index contributed by atoms with van der Waals surface area (Å²) in [5.74, 6) is -1.20. The second kappa shape index (κ2) is 10.6. The van der Waals surface area contributed by atoms with Crippen molar-refractivity contribution in [1.82, 2.24) is 4.90 Å². The van der Waals surface area contributed by atoms with Gasteiger partial charge in [0.25, 0.3) is 0 Å². The third-order valence-electron chi connectivity index (χ3n) is 2.88. The van der Waals surface area contributed by atoms with Crippen LogP contribution in [0.25, 0.3) is 0 Å². The number of ether oxygens (including phenoxy) is 3. The van der Waals surface area contributed by atoms with Gasteiger partial charge in [0.05, 0.1) is 39.6 Å². The molecule has 0 aromatic rings. The van der Waals surface area contributed by atoms with Crippen LogP contribution in [-0.2, 0) is 23.8 Å². The number of carbonyl (C=O) groups is 2. The molecule has 1 amide bonds. The van der Waals surface area contributed by atoms with Crippen molar-refractivity contribution in [1.29, 1.82) is 0 Å². The summed E-state index contributed by atoms with van der Waals surface area (Å²) in [6.07, 6.45) is 0.411. The topological polar surface area (TPSA) is 88.1 Å². The molecular formula is C13H22NO6-. The van der Waals surface area contributed by atoms with Gasteiger partial charge in [-0.1, -0.05) is 0 Å². The third kappa shape index (κ3) is 8.08. The molecule has 0 saturated carbocycles. The van der Waals surface area contributed by atoms with Crippen molar-refractivity contribution in [2.75, 3.05) is 52.7 Å². The average molecular weight is 288 g/mol. The lowest BCUT2D eigenvalue weighted by Crippen LogP contribution is -2.37. The highest BCUT2D eigenvalue weighted by atomic mass is 16.5. The maximum Gasteiger partial charge on any atom is 0.222 e. The second-order valence-corrected chi connectivity index (χ2v) is 4.44. The Kier molecular flexibility index (Phi) is 8.93. The van der Waals surface area contributed by atoms with Crippen LogP contribution in [-0.4, -0.2) is 69.5 Å². The molecule has 0 N–H and O–H groups in total. The Morgan fingerprint density at radius 1 is 0.850 bits per heavy atom. The Morgan fingerprint density at radius 3 is 1.85 bits per heavy atom. The van der Waals surface area contributed by atoms with E-state index in [2.05, 4.69) is 0 Å². The van der Waals surface area contributed by atoms with Gasteiger partial charge in [0.15, 0.2) is 0 Å². The van der Waals surface area contributed by atoms with Crippen LogP contribution >= 0.6 is 0 Å². The molecule has 116 valence electrons. The van der Waals surface area contributed by atoms with Crippen LogP contribution < -0.4 is 5.11 Å². The van der Waals surface area contributed by atoms with Crippen molar-refractivity contribution in [2.45, 2.75) is 19.3 Å². The number of hydrogen-bond acceptors (Lipinski definition) is 6. The summed E-state index contributed by atoms with van der Waals surface area (Å²) in [7, 11) is 0. The summed E-state index contributed by atoms with van der Waals surface area (Å²) in [5, 5.41) is 10.3. The molecule has 1 aliphatic heterocycles. The number of carboxylic acids is 1. The predicted molar refractivity (Wildman–Crippen MR) is 67.9 cm³/mol. The minimum atomic E-state index is -1.13. The summed E-state index contributed by atoms with van der Waals surface area (Å²) < 4.78 is 16.0. The van der Waals surface area contributed by atoms with E-state index in [1.807, 2.05) is 0 Å². The molecule has 1 aliphatic rings. The van der Waals surface area contributed by atoms with Crippen LogP contribution in [0.2, 0.25) is 0 Å². The van der Waals surface area contributed by atoms with E-state index >= 15 is 0 Å².